The van der Waals surface area contributed by atoms with Gasteiger partial charge in [-0.2, -0.15) is 5.06 Å². The van der Waals surface area contributed by atoms with Gasteiger partial charge in [-0.05, 0) is 5.56 Å². The molecule has 0 bridgehead atoms. The van der Waals surface area contributed by atoms with Gasteiger partial charge in [0.1, 0.15) is 5.92 Å². The van der Waals surface area contributed by atoms with Crippen LogP contribution in [0.5, 0.6) is 0 Å². The summed E-state index contributed by atoms with van der Waals surface area (Å²) < 4.78 is 4.79. The number of nitrogens with zero attached hydrogens (tertiary/aromatic N) is 1. The zero-order valence-electron chi connectivity index (χ0n) is 9.42. The van der Waals surface area contributed by atoms with E-state index >= 15 is 0 Å². The van der Waals surface area contributed by atoms with Crippen molar-refractivity contribution in [3.05, 3.63) is 35.9 Å². The molecule has 1 aromatic carbocycles. The number of carbonyl (C=O) groups excluding carboxylic acids is 1. The molecule has 1 fully saturated rings. The summed E-state index contributed by atoms with van der Waals surface area (Å²) in [7, 11) is 3.24. The van der Waals surface area contributed by atoms with E-state index in [0.717, 1.165) is 5.56 Å². The van der Waals surface area contributed by atoms with Crippen LogP contribution in [0, 0.1) is 5.92 Å². The van der Waals surface area contributed by atoms with Gasteiger partial charge in [-0.25, -0.2) is 0 Å². The van der Waals surface area contributed by atoms with Crippen LogP contribution in [0.2, 0.25) is 0 Å². The van der Waals surface area contributed by atoms with Gasteiger partial charge in [0.2, 0.25) is 0 Å². The largest absolute Gasteiger partial charge is 0.469 e. The highest BCUT2D eigenvalue weighted by Gasteiger charge is 2.39. The molecule has 4 heteroatoms. The number of ether oxygens (including phenoxy) is 1. The van der Waals surface area contributed by atoms with Crippen LogP contribution < -0.4 is 0 Å². The molecule has 1 aromatic rings. The van der Waals surface area contributed by atoms with Crippen LogP contribution in [0.4, 0.5) is 0 Å². The standard InChI is InChI=1S/C12H15NO3/c1-13-11(9-6-4-3-5-7-9)10(8-16-13)12(14)15-2/h3-7,10-11H,8H2,1-2H3/t10-,11+/m1/s1. The van der Waals surface area contributed by atoms with Gasteiger partial charge >= 0.3 is 5.97 Å². The Bertz CT molecular complexity index is 366. The van der Waals surface area contributed by atoms with Crippen molar-refractivity contribution in [2.45, 2.75) is 6.04 Å². The Morgan fingerprint density at radius 2 is 2.12 bits per heavy atom. The van der Waals surface area contributed by atoms with Crippen LogP contribution in [-0.4, -0.2) is 31.8 Å². The minimum absolute atomic E-state index is 0.0614. The van der Waals surface area contributed by atoms with Gasteiger partial charge < -0.3 is 4.74 Å². The topological polar surface area (TPSA) is 38.8 Å². The summed E-state index contributed by atoms with van der Waals surface area (Å²) in [6, 6.07) is 9.78. The Morgan fingerprint density at radius 1 is 1.44 bits per heavy atom. The lowest BCUT2D eigenvalue weighted by Gasteiger charge is -2.21. The molecule has 0 aliphatic carbocycles. The molecule has 86 valence electrons. The molecule has 1 aliphatic rings. The summed E-state index contributed by atoms with van der Waals surface area (Å²) in [6.07, 6.45) is 0. The number of methoxy groups -OCH3 is 1. The van der Waals surface area contributed by atoms with Crippen molar-refractivity contribution in [2.24, 2.45) is 5.92 Å². The van der Waals surface area contributed by atoms with Crippen LogP contribution in [0.25, 0.3) is 0 Å². The van der Waals surface area contributed by atoms with E-state index in [4.69, 9.17) is 9.57 Å². The van der Waals surface area contributed by atoms with E-state index in [1.54, 1.807) is 5.06 Å². The summed E-state index contributed by atoms with van der Waals surface area (Å²) in [6.45, 7) is 0.378. The second kappa shape index (κ2) is 4.63. The van der Waals surface area contributed by atoms with E-state index in [0.29, 0.717) is 6.61 Å². The third kappa shape index (κ3) is 1.94. The van der Waals surface area contributed by atoms with Gasteiger partial charge in [-0.1, -0.05) is 30.3 Å². The predicted octanol–water partition coefficient (Wildman–Crippen LogP) is 1.39. The van der Waals surface area contributed by atoms with Crippen molar-refractivity contribution in [2.75, 3.05) is 20.8 Å². The molecule has 2 atom stereocenters. The van der Waals surface area contributed by atoms with E-state index in [2.05, 4.69) is 0 Å². The summed E-state index contributed by atoms with van der Waals surface area (Å²) in [5.74, 6) is -0.476. The minimum Gasteiger partial charge on any atom is -0.469 e. The number of hydrogen-bond acceptors (Lipinski definition) is 4. The first-order valence-electron chi connectivity index (χ1n) is 5.22. The number of benzene rings is 1. The number of esters is 1. The molecular weight excluding hydrogens is 206 g/mol. The summed E-state index contributed by atoms with van der Waals surface area (Å²) in [4.78, 5) is 17.0. The molecule has 0 amide bonds. The molecule has 0 aromatic heterocycles. The number of hydrogen-bond donors (Lipinski definition) is 0. The molecule has 0 N–H and O–H groups in total. The lowest BCUT2D eigenvalue weighted by molar-refractivity contribution is -0.145. The Kier molecular flexibility index (Phi) is 3.22. The summed E-state index contributed by atoms with van der Waals surface area (Å²) in [5.41, 5.74) is 1.07. The molecule has 0 radical (unpaired) electrons. The highest BCUT2D eigenvalue weighted by Crippen LogP contribution is 2.34. The zero-order valence-corrected chi connectivity index (χ0v) is 9.42. The summed E-state index contributed by atoms with van der Waals surface area (Å²) in [5, 5.41) is 1.72. The molecule has 1 saturated heterocycles. The number of carbonyl (C=O) groups is 1. The fourth-order valence-corrected chi connectivity index (χ4v) is 2.06. The van der Waals surface area contributed by atoms with Gasteiger partial charge in [0, 0.05) is 7.05 Å². The molecule has 1 aliphatic heterocycles. The Hall–Kier alpha value is -1.39. The molecule has 0 spiro atoms. The first kappa shape index (κ1) is 11.1. The molecule has 4 nitrogen and oxygen atoms in total. The third-order valence-electron chi connectivity index (χ3n) is 2.88. The Labute approximate surface area is 94.7 Å². The lowest BCUT2D eigenvalue weighted by Crippen LogP contribution is -2.26. The normalized spacial score (nSPS) is 25.6. The Morgan fingerprint density at radius 3 is 2.75 bits per heavy atom. The maximum Gasteiger partial charge on any atom is 0.313 e. The van der Waals surface area contributed by atoms with E-state index in [1.165, 1.54) is 7.11 Å². The summed E-state index contributed by atoms with van der Waals surface area (Å²) >= 11 is 0. The smallest absolute Gasteiger partial charge is 0.313 e. The van der Waals surface area contributed by atoms with E-state index < -0.39 is 0 Å². The second-order valence-corrected chi connectivity index (χ2v) is 3.83. The quantitative estimate of drug-likeness (QED) is 0.707. The van der Waals surface area contributed by atoms with Crippen molar-refractivity contribution >= 4 is 5.97 Å². The van der Waals surface area contributed by atoms with Gasteiger partial charge in [-0.15, -0.1) is 0 Å². The van der Waals surface area contributed by atoms with E-state index in [1.807, 2.05) is 37.4 Å². The fraction of sp³-hybridized carbons (Fsp3) is 0.417. The SMILES string of the molecule is COC(=O)[C@@H]1CON(C)[C@H]1c1ccccc1. The second-order valence-electron chi connectivity index (χ2n) is 3.83. The predicted molar refractivity (Wildman–Crippen MR) is 58.4 cm³/mol. The molecule has 0 unspecified atom stereocenters. The van der Waals surface area contributed by atoms with Crippen LogP contribution in [0.3, 0.4) is 0 Å². The van der Waals surface area contributed by atoms with Crippen LogP contribution in [0.1, 0.15) is 11.6 Å². The monoisotopic (exact) mass is 221 g/mol. The lowest BCUT2D eigenvalue weighted by atomic mass is 9.94. The van der Waals surface area contributed by atoms with Crippen LogP contribution in [-0.2, 0) is 14.4 Å². The van der Waals surface area contributed by atoms with Gasteiger partial charge in [-0.3, -0.25) is 9.63 Å². The maximum absolute atomic E-state index is 11.6. The molecular formula is C12H15NO3. The van der Waals surface area contributed by atoms with Gasteiger partial charge in [0.05, 0.1) is 19.8 Å². The average molecular weight is 221 g/mol. The highest BCUT2D eigenvalue weighted by molar-refractivity contribution is 5.74. The van der Waals surface area contributed by atoms with Crippen molar-refractivity contribution in [3.63, 3.8) is 0 Å². The third-order valence-corrected chi connectivity index (χ3v) is 2.88. The van der Waals surface area contributed by atoms with E-state index in [-0.39, 0.29) is 17.9 Å². The van der Waals surface area contributed by atoms with Gasteiger partial charge in [0.25, 0.3) is 0 Å². The minimum atomic E-state index is -0.252. The maximum atomic E-state index is 11.6. The van der Waals surface area contributed by atoms with Crippen molar-refractivity contribution < 1.29 is 14.4 Å². The van der Waals surface area contributed by atoms with Crippen LogP contribution in [0.15, 0.2) is 30.3 Å². The molecule has 16 heavy (non-hydrogen) atoms. The van der Waals surface area contributed by atoms with Crippen molar-refractivity contribution in [1.82, 2.24) is 5.06 Å². The Balaban J connectivity index is 2.26. The van der Waals surface area contributed by atoms with E-state index in [9.17, 15) is 4.79 Å². The molecule has 0 saturated carbocycles. The van der Waals surface area contributed by atoms with Crippen molar-refractivity contribution in [3.8, 4) is 0 Å². The zero-order chi connectivity index (χ0) is 11.5. The van der Waals surface area contributed by atoms with Crippen LogP contribution >= 0.6 is 0 Å². The first-order valence-corrected chi connectivity index (χ1v) is 5.22. The highest BCUT2D eigenvalue weighted by atomic mass is 16.7. The number of rotatable bonds is 2. The average Bonchev–Trinajstić information content (AvgIpc) is 2.71. The number of hydroxylamine groups is 2. The van der Waals surface area contributed by atoms with Gasteiger partial charge in [0.15, 0.2) is 0 Å². The molecule has 2 rings (SSSR count). The fourth-order valence-electron chi connectivity index (χ4n) is 2.06. The first-order chi connectivity index (χ1) is 7.74. The molecule has 1 heterocycles. The van der Waals surface area contributed by atoms with Crippen molar-refractivity contribution in [1.29, 1.82) is 0 Å².